The molecule has 1 unspecified atom stereocenters. The van der Waals surface area contributed by atoms with Crippen molar-refractivity contribution in [3.8, 4) is 0 Å². The first-order chi connectivity index (χ1) is 20.4. The van der Waals surface area contributed by atoms with Crippen molar-refractivity contribution in [2.24, 2.45) is 5.92 Å². The van der Waals surface area contributed by atoms with Crippen molar-refractivity contribution in [2.75, 3.05) is 6.54 Å². The average molecular weight is 572 g/mol. The summed E-state index contributed by atoms with van der Waals surface area (Å²) in [4.78, 5) is 56.5. The number of rotatable bonds is 6. The molecule has 1 aliphatic carbocycles. The van der Waals surface area contributed by atoms with E-state index < -0.39 is 18.0 Å². The summed E-state index contributed by atoms with van der Waals surface area (Å²) in [6, 6.07) is 15.3. The van der Waals surface area contributed by atoms with Crippen LogP contribution in [0.3, 0.4) is 0 Å². The Hall–Kier alpha value is -4.14. The quantitative estimate of drug-likeness (QED) is 0.311. The lowest BCUT2D eigenvalue weighted by Gasteiger charge is -2.30. The topological polar surface area (TPSA) is 132 Å². The fraction of sp³-hybridized carbons (Fsp3) is 0.455. The summed E-state index contributed by atoms with van der Waals surface area (Å²) in [5.41, 5.74) is 2.72. The number of fused-ring (bicyclic) bond motifs is 1. The van der Waals surface area contributed by atoms with E-state index in [2.05, 4.69) is 26.3 Å². The molecule has 222 valence electrons. The molecule has 42 heavy (non-hydrogen) atoms. The standard InChI is InChI=1S/C33H41N5O4/c39-30-15-16-31(40)37-29(19-24-20-34-27-14-8-7-13-26(24)27)33(42)38-28(18-23-11-5-2-6-12-23)32(41)36-25(21-35-30)17-22-9-3-1-4-10-22/h2,5-8,11-14,20,22,25,28-29,34H,1,3-4,9-10,15-19,21H2,(H,35,39)(H,36,41)(H,37,40)(H,38,42)/t25?,28-,29-/m0/s1. The lowest BCUT2D eigenvalue weighted by Crippen LogP contribution is -2.57. The van der Waals surface area contributed by atoms with Gasteiger partial charge in [0.1, 0.15) is 12.1 Å². The molecule has 0 radical (unpaired) electrons. The van der Waals surface area contributed by atoms with Gasteiger partial charge in [0.15, 0.2) is 0 Å². The van der Waals surface area contributed by atoms with Crippen LogP contribution in [0.1, 0.15) is 62.5 Å². The van der Waals surface area contributed by atoms with Gasteiger partial charge in [-0.1, -0.05) is 80.6 Å². The van der Waals surface area contributed by atoms with E-state index in [0.29, 0.717) is 12.3 Å². The van der Waals surface area contributed by atoms with Gasteiger partial charge in [-0.15, -0.1) is 0 Å². The number of benzene rings is 2. The van der Waals surface area contributed by atoms with Crippen molar-refractivity contribution in [1.29, 1.82) is 0 Å². The fourth-order valence-electron chi connectivity index (χ4n) is 6.20. The second-order valence-corrected chi connectivity index (χ2v) is 11.7. The minimum absolute atomic E-state index is 0.00792. The maximum Gasteiger partial charge on any atom is 0.243 e. The second kappa shape index (κ2) is 14.2. The first kappa shape index (κ1) is 29.4. The number of H-pyrrole nitrogens is 1. The zero-order chi connectivity index (χ0) is 29.3. The molecule has 9 nitrogen and oxygen atoms in total. The summed E-state index contributed by atoms with van der Waals surface area (Å²) in [5, 5.41) is 12.9. The van der Waals surface area contributed by atoms with Crippen LogP contribution in [-0.2, 0) is 32.0 Å². The predicted octanol–water partition coefficient (Wildman–Crippen LogP) is 3.29. The Balaban J connectivity index is 1.40. The van der Waals surface area contributed by atoms with E-state index in [-0.39, 0.29) is 49.6 Å². The molecule has 2 heterocycles. The molecule has 0 spiro atoms. The van der Waals surface area contributed by atoms with Gasteiger partial charge in [-0.05, 0) is 29.5 Å². The van der Waals surface area contributed by atoms with Crippen LogP contribution in [0.4, 0.5) is 0 Å². The van der Waals surface area contributed by atoms with E-state index in [1.807, 2.05) is 60.8 Å². The molecule has 5 rings (SSSR count). The third-order valence-electron chi connectivity index (χ3n) is 8.48. The molecule has 1 aliphatic heterocycles. The Morgan fingerprint density at radius 2 is 1.38 bits per heavy atom. The first-order valence-electron chi connectivity index (χ1n) is 15.2. The Morgan fingerprint density at radius 1 is 0.690 bits per heavy atom. The van der Waals surface area contributed by atoms with Gasteiger partial charge >= 0.3 is 0 Å². The van der Waals surface area contributed by atoms with Crippen LogP contribution in [-0.4, -0.2) is 53.3 Å². The molecule has 2 aromatic carbocycles. The van der Waals surface area contributed by atoms with Gasteiger partial charge in [-0.3, -0.25) is 19.2 Å². The molecule has 1 saturated heterocycles. The van der Waals surface area contributed by atoms with Crippen molar-refractivity contribution in [3.05, 3.63) is 71.9 Å². The van der Waals surface area contributed by atoms with Crippen molar-refractivity contribution in [3.63, 3.8) is 0 Å². The molecule has 9 heteroatoms. The number of aromatic amines is 1. The number of nitrogens with one attached hydrogen (secondary N) is 5. The monoisotopic (exact) mass is 571 g/mol. The normalized spacial score (nSPS) is 23.4. The molecule has 1 saturated carbocycles. The third-order valence-corrected chi connectivity index (χ3v) is 8.48. The molecular weight excluding hydrogens is 530 g/mol. The Kier molecular flexibility index (Phi) is 9.90. The molecule has 2 fully saturated rings. The van der Waals surface area contributed by atoms with E-state index in [1.165, 1.54) is 19.3 Å². The number of aromatic nitrogens is 1. The zero-order valence-electron chi connectivity index (χ0n) is 24.0. The van der Waals surface area contributed by atoms with E-state index >= 15 is 0 Å². The van der Waals surface area contributed by atoms with Gasteiger partial charge in [0, 0.05) is 55.4 Å². The van der Waals surface area contributed by atoms with Crippen LogP contribution in [0.5, 0.6) is 0 Å². The highest BCUT2D eigenvalue weighted by molar-refractivity contribution is 5.94. The third kappa shape index (κ3) is 7.99. The summed E-state index contributed by atoms with van der Waals surface area (Å²) in [7, 11) is 0. The molecule has 3 atom stereocenters. The van der Waals surface area contributed by atoms with E-state index in [4.69, 9.17) is 0 Å². The van der Waals surface area contributed by atoms with Gasteiger partial charge in [-0.25, -0.2) is 0 Å². The number of amides is 4. The summed E-state index contributed by atoms with van der Waals surface area (Å²) < 4.78 is 0. The number of carbonyl (C=O) groups excluding carboxylic acids is 4. The highest BCUT2D eigenvalue weighted by atomic mass is 16.2. The molecule has 4 amide bonds. The maximum atomic E-state index is 13.8. The van der Waals surface area contributed by atoms with Gasteiger partial charge in [0.25, 0.3) is 0 Å². The van der Waals surface area contributed by atoms with E-state index in [1.54, 1.807) is 0 Å². The Labute approximate surface area is 246 Å². The summed E-state index contributed by atoms with van der Waals surface area (Å²) in [5.74, 6) is -0.881. The lowest BCUT2D eigenvalue weighted by molar-refractivity contribution is -0.133. The summed E-state index contributed by atoms with van der Waals surface area (Å²) in [6.45, 7) is 0.290. The van der Waals surface area contributed by atoms with E-state index in [0.717, 1.165) is 41.3 Å². The smallest absolute Gasteiger partial charge is 0.243 e. The largest absolute Gasteiger partial charge is 0.361 e. The molecular formula is C33H41N5O4. The zero-order valence-corrected chi connectivity index (χ0v) is 24.0. The maximum absolute atomic E-state index is 13.8. The number of carbonyl (C=O) groups is 4. The molecule has 5 N–H and O–H groups in total. The van der Waals surface area contributed by atoms with Crippen LogP contribution >= 0.6 is 0 Å². The van der Waals surface area contributed by atoms with Crippen LogP contribution < -0.4 is 21.3 Å². The Morgan fingerprint density at radius 3 is 2.19 bits per heavy atom. The Bertz CT molecular complexity index is 1380. The van der Waals surface area contributed by atoms with Crippen LogP contribution in [0.15, 0.2) is 60.8 Å². The molecule has 0 bridgehead atoms. The molecule has 2 aliphatic rings. The second-order valence-electron chi connectivity index (χ2n) is 11.7. The lowest BCUT2D eigenvalue weighted by atomic mass is 9.84. The van der Waals surface area contributed by atoms with Gasteiger partial charge < -0.3 is 26.3 Å². The van der Waals surface area contributed by atoms with Crippen molar-refractivity contribution < 1.29 is 19.2 Å². The fourth-order valence-corrected chi connectivity index (χ4v) is 6.20. The number of para-hydroxylation sites is 1. The minimum Gasteiger partial charge on any atom is -0.361 e. The highest BCUT2D eigenvalue weighted by Crippen LogP contribution is 2.27. The predicted molar refractivity (Wildman–Crippen MR) is 161 cm³/mol. The van der Waals surface area contributed by atoms with Crippen molar-refractivity contribution >= 4 is 34.5 Å². The van der Waals surface area contributed by atoms with Crippen LogP contribution in [0.25, 0.3) is 10.9 Å². The minimum atomic E-state index is -0.924. The van der Waals surface area contributed by atoms with Gasteiger partial charge in [0.2, 0.25) is 23.6 Å². The average Bonchev–Trinajstić information content (AvgIpc) is 3.41. The molecule has 3 aromatic rings. The first-order valence-corrected chi connectivity index (χ1v) is 15.2. The van der Waals surface area contributed by atoms with Crippen LogP contribution in [0.2, 0.25) is 0 Å². The summed E-state index contributed by atoms with van der Waals surface area (Å²) >= 11 is 0. The van der Waals surface area contributed by atoms with Gasteiger partial charge in [0.05, 0.1) is 0 Å². The number of hydrogen-bond acceptors (Lipinski definition) is 4. The highest BCUT2D eigenvalue weighted by Gasteiger charge is 2.30. The molecule has 1 aromatic heterocycles. The SMILES string of the molecule is O=C1CCC(=O)N[C@@H](Cc2c[nH]c3ccccc23)C(=O)N[C@@H](Cc2ccccc2)C(=O)NC(CC2CCCCC2)CN1. The van der Waals surface area contributed by atoms with Gasteiger partial charge in [-0.2, -0.15) is 0 Å². The van der Waals surface area contributed by atoms with Crippen molar-refractivity contribution in [2.45, 2.75) is 82.3 Å². The number of hydrogen-bond donors (Lipinski definition) is 5. The van der Waals surface area contributed by atoms with E-state index in [9.17, 15) is 19.2 Å². The van der Waals surface area contributed by atoms with Crippen molar-refractivity contribution in [1.82, 2.24) is 26.3 Å². The van der Waals surface area contributed by atoms with Crippen LogP contribution in [0, 0.1) is 5.92 Å². The summed E-state index contributed by atoms with van der Waals surface area (Å²) in [6.07, 6.45) is 8.93.